The zero-order valence-corrected chi connectivity index (χ0v) is 14.0. The van der Waals surface area contributed by atoms with Crippen molar-refractivity contribution in [1.29, 1.82) is 0 Å². The molecular formula is C16H25N3O3. The number of carbonyl (C=O) groups is 2. The minimum absolute atomic E-state index is 0.125. The fourth-order valence-corrected chi connectivity index (χ4v) is 3.05. The molecule has 6 heteroatoms. The quantitative estimate of drug-likeness (QED) is 0.909. The van der Waals surface area contributed by atoms with Crippen molar-refractivity contribution in [2.24, 2.45) is 5.41 Å². The van der Waals surface area contributed by atoms with Crippen LogP contribution in [0.15, 0.2) is 6.20 Å². The first-order chi connectivity index (χ1) is 10.1. The van der Waals surface area contributed by atoms with Crippen LogP contribution in [0.5, 0.6) is 0 Å². The van der Waals surface area contributed by atoms with Crippen molar-refractivity contribution in [1.82, 2.24) is 14.7 Å². The standard InChI is InChI=1S/C16H25N3O3/c1-11-12(9-17-19(11)15(2,3)4)13(20)18-8-6-7-16(5,10-18)14(21)22/h9H,6-8,10H2,1-5H3,(H,21,22). The van der Waals surface area contributed by atoms with Crippen LogP contribution in [-0.2, 0) is 10.3 Å². The van der Waals surface area contributed by atoms with Crippen molar-refractivity contribution in [3.8, 4) is 0 Å². The number of likely N-dealkylation sites (tertiary alicyclic amines) is 1. The molecule has 0 saturated carbocycles. The number of hydrogen-bond acceptors (Lipinski definition) is 3. The fourth-order valence-electron chi connectivity index (χ4n) is 3.05. The van der Waals surface area contributed by atoms with Gasteiger partial charge in [-0.25, -0.2) is 0 Å². The van der Waals surface area contributed by atoms with E-state index in [0.29, 0.717) is 24.9 Å². The highest BCUT2D eigenvalue weighted by Crippen LogP contribution is 2.31. The van der Waals surface area contributed by atoms with E-state index in [9.17, 15) is 14.7 Å². The number of rotatable bonds is 2. The van der Waals surface area contributed by atoms with Crippen LogP contribution in [0.2, 0.25) is 0 Å². The third-order valence-electron chi connectivity index (χ3n) is 4.38. The highest BCUT2D eigenvalue weighted by molar-refractivity contribution is 5.95. The van der Waals surface area contributed by atoms with Gasteiger partial charge in [0.05, 0.1) is 22.7 Å². The molecule has 1 aromatic heterocycles. The van der Waals surface area contributed by atoms with E-state index in [0.717, 1.165) is 5.69 Å². The average Bonchev–Trinajstić information content (AvgIpc) is 2.79. The van der Waals surface area contributed by atoms with E-state index in [-0.39, 0.29) is 18.0 Å². The molecule has 2 heterocycles. The van der Waals surface area contributed by atoms with Gasteiger partial charge in [-0.15, -0.1) is 0 Å². The largest absolute Gasteiger partial charge is 0.481 e. The molecule has 1 fully saturated rings. The summed E-state index contributed by atoms with van der Waals surface area (Å²) in [5.74, 6) is -0.965. The van der Waals surface area contributed by atoms with Gasteiger partial charge < -0.3 is 10.0 Å². The molecule has 0 radical (unpaired) electrons. The first-order valence-electron chi connectivity index (χ1n) is 7.64. The minimum Gasteiger partial charge on any atom is -0.481 e. The van der Waals surface area contributed by atoms with Crippen molar-refractivity contribution in [2.75, 3.05) is 13.1 Å². The molecule has 0 spiro atoms. The van der Waals surface area contributed by atoms with E-state index >= 15 is 0 Å². The number of piperidine rings is 1. The van der Waals surface area contributed by atoms with E-state index in [2.05, 4.69) is 5.10 Å². The maximum Gasteiger partial charge on any atom is 0.311 e. The smallest absolute Gasteiger partial charge is 0.311 e. The Kier molecular flexibility index (Phi) is 4.06. The first-order valence-corrected chi connectivity index (χ1v) is 7.64. The predicted octanol–water partition coefficient (Wildman–Crippen LogP) is 2.27. The molecule has 0 aromatic carbocycles. The summed E-state index contributed by atoms with van der Waals surface area (Å²) in [5.41, 5.74) is 0.326. The number of aromatic nitrogens is 2. The Morgan fingerprint density at radius 2 is 2.00 bits per heavy atom. The molecule has 1 aliphatic rings. The summed E-state index contributed by atoms with van der Waals surface area (Å²) in [4.78, 5) is 25.8. The van der Waals surface area contributed by atoms with Gasteiger partial charge in [-0.1, -0.05) is 0 Å². The van der Waals surface area contributed by atoms with E-state index in [1.807, 2.05) is 32.4 Å². The number of nitrogens with zero attached hydrogens (tertiary/aromatic N) is 3. The second kappa shape index (κ2) is 5.41. The molecule has 122 valence electrons. The Labute approximate surface area is 131 Å². The van der Waals surface area contributed by atoms with Crippen LogP contribution in [0.25, 0.3) is 0 Å². The zero-order chi connectivity index (χ0) is 16.7. The highest BCUT2D eigenvalue weighted by Gasteiger charge is 2.40. The number of carbonyl (C=O) groups excluding carboxylic acids is 1. The molecule has 0 bridgehead atoms. The monoisotopic (exact) mass is 307 g/mol. The Bertz CT molecular complexity index is 600. The third-order valence-corrected chi connectivity index (χ3v) is 4.38. The second-order valence-electron chi connectivity index (χ2n) is 7.42. The van der Waals surface area contributed by atoms with Gasteiger partial charge in [0.2, 0.25) is 0 Å². The normalized spacial score (nSPS) is 22.7. The van der Waals surface area contributed by atoms with E-state index in [1.165, 1.54) is 0 Å². The van der Waals surface area contributed by atoms with E-state index in [1.54, 1.807) is 18.0 Å². The Hall–Kier alpha value is -1.85. The molecule has 1 aliphatic heterocycles. The molecule has 1 saturated heterocycles. The Morgan fingerprint density at radius 3 is 2.50 bits per heavy atom. The molecule has 1 aromatic rings. The second-order valence-corrected chi connectivity index (χ2v) is 7.42. The van der Waals surface area contributed by atoms with Crippen LogP contribution in [0.3, 0.4) is 0 Å². The Balaban J connectivity index is 2.26. The summed E-state index contributed by atoms with van der Waals surface area (Å²) in [7, 11) is 0. The lowest BCUT2D eigenvalue weighted by Crippen LogP contribution is -2.48. The summed E-state index contributed by atoms with van der Waals surface area (Å²) >= 11 is 0. The van der Waals surface area contributed by atoms with Crippen LogP contribution in [0, 0.1) is 12.3 Å². The molecule has 1 atom stereocenters. The lowest BCUT2D eigenvalue weighted by atomic mass is 9.82. The predicted molar refractivity (Wildman–Crippen MR) is 82.8 cm³/mol. The molecule has 1 amide bonds. The number of hydrogen-bond donors (Lipinski definition) is 1. The van der Waals surface area contributed by atoms with Gasteiger partial charge in [-0.3, -0.25) is 14.3 Å². The number of amides is 1. The number of carboxylic acid groups (broad SMARTS) is 1. The topological polar surface area (TPSA) is 75.4 Å². The van der Waals surface area contributed by atoms with Crippen LogP contribution in [-0.4, -0.2) is 44.8 Å². The molecule has 22 heavy (non-hydrogen) atoms. The molecule has 0 aliphatic carbocycles. The van der Waals surface area contributed by atoms with Gasteiger partial charge in [-0.05, 0) is 47.5 Å². The van der Waals surface area contributed by atoms with Crippen LogP contribution >= 0.6 is 0 Å². The summed E-state index contributed by atoms with van der Waals surface area (Å²) in [6.45, 7) is 10.5. The van der Waals surface area contributed by atoms with Gasteiger partial charge in [0.15, 0.2) is 0 Å². The maximum atomic E-state index is 12.8. The number of carboxylic acids is 1. The van der Waals surface area contributed by atoms with Crippen molar-refractivity contribution < 1.29 is 14.7 Å². The van der Waals surface area contributed by atoms with Gasteiger partial charge >= 0.3 is 5.97 Å². The molecule has 6 nitrogen and oxygen atoms in total. The SMILES string of the molecule is Cc1c(C(=O)N2CCCC(C)(C(=O)O)C2)cnn1C(C)(C)C. The molecular weight excluding hydrogens is 282 g/mol. The van der Waals surface area contributed by atoms with E-state index in [4.69, 9.17) is 0 Å². The van der Waals surface area contributed by atoms with Gasteiger partial charge in [0.25, 0.3) is 5.91 Å². The summed E-state index contributed by atoms with van der Waals surface area (Å²) in [6.07, 6.45) is 2.91. The molecule has 1 unspecified atom stereocenters. The summed E-state index contributed by atoms with van der Waals surface area (Å²) in [6, 6.07) is 0. The van der Waals surface area contributed by atoms with Crippen LogP contribution < -0.4 is 0 Å². The van der Waals surface area contributed by atoms with Crippen molar-refractivity contribution >= 4 is 11.9 Å². The lowest BCUT2D eigenvalue weighted by Gasteiger charge is -2.37. The van der Waals surface area contributed by atoms with Crippen molar-refractivity contribution in [2.45, 2.75) is 53.0 Å². The average molecular weight is 307 g/mol. The highest BCUT2D eigenvalue weighted by atomic mass is 16.4. The fraction of sp³-hybridized carbons (Fsp3) is 0.688. The van der Waals surface area contributed by atoms with Crippen LogP contribution in [0.4, 0.5) is 0 Å². The van der Waals surface area contributed by atoms with Gasteiger partial charge in [-0.2, -0.15) is 5.10 Å². The zero-order valence-electron chi connectivity index (χ0n) is 14.0. The summed E-state index contributed by atoms with van der Waals surface area (Å²) in [5, 5.41) is 13.7. The van der Waals surface area contributed by atoms with Gasteiger partial charge in [0.1, 0.15) is 0 Å². The summed E-state index contributed by atoms with van der Waals surface area (Å²) < 4.78 is 1.83. The maximum absolute atomic E-state index is 12.8. The molecule has 1 N–H and O–H groups in total. The third kappa shape index (κ3) is 2.87. The first kappa shape index (κ1) is 16.5. The van der Waals surface area contributed by atoms with Crippen molar-refractivity contribution in [3.05, 3.63) is 17.5 Å². The Morgan fingerprint density at radius 1 is 1.36 bits per heavy atom. The van der Waals surface area contributed by atoms with Crippen LogP contribution in [0.1, 0.15) is 56.6 Å². The molecule has 2 rings (SSSR count). The number of aliphatic carboxylic acids is 1. The van der Waals surface area contributed by atoms with E-state index < -0.39 is 11.4 Å². The van der Waals surface area contributed by atoms with Crippen molar-refractivity contribution in [3.63, 3.8) is 0 Å². The van der Waals surface area contributed by atoms with Gasteiger partial charge in [0, 0.05) is 18.8 Å². The lowest BCUT2D eigenvalue weighted by molar-refractivity contribution is -0.150. The minimum atomic E-state index is -0.859.